The molecule has 0 aromatic heterocycles. The van der Waals surface area contributed by atoms with E-state index in [-0.39, 0.29) is 11.8 Å². The zero-order chi connectivity index (χ0) is 65.4. The topological polar surface area (TPSA) is 77.6 Å². The molecule has 16 heteroatoms. The minimum atomic E-state index is 0.155. The largest absolute Gasteiger partial charge is 0.353 e. The van der Waals surface area contributed by atoms with Gasteiger partial charge in [-0.1, -0.05) is 41.5 Å². The van der Waals surface area contributed by atoms with E-state index in [0.29, 0.717) is 80.4 Å². The van der Waals surface area contributed by atoms with Gasteiger partial charge in [0.25, 0.3) is 0 Å². The van der Waals surface area contributed by atoms with Crippen LogP contribution in [0, 0.1) is 59.2 Å². The summed E-state index contributed by atoms with van der Waals surface area (Å²) in [6.45, 7) is 21.7. The molecule has 0 spiro atoms. The smallest absolute Gasteiger partial charge is 0.223 e. The highest BCUT2D eigenvalue weighted by atomic mass is 32.2. The summed E-state index contributed by atoms with van der Waals surface area (Å²) >= 11 is 13.3. The average Bonchev–Trinajstić information content (AvgIpc) is 2.26. The number of hydrogen-bond donors (Lipinski definition) is 2. The molecule has 524 valence electrons. The van der Waals surface area contributed by atoms with Crippen LogP contribution in [0.5, 0.6) is 0 Å². The minimum Gasteiger partial charge on any atom is -0.353 e. The van der Waals surface area contributed by atoms with Crippen molar-refractivity contribution >= 4 is 82.4 Å². The van der Waals surface area contributed by atoms with Crippen LogP contribution in [0.15, 0.2) is 0 Å². The molecule has 0 aromatic carbocycles. The molecule has 2 N–H and O–H groups in total. The van der Waals surface area contributed by atoms with E-state index in [1.54, 1.807) is 0 Å². The van der Waals surface area contributed by atoms with E-state index in [4.69, 9.17) is 0 Å². The highest BCUT2D eigenvalue weighted by Gasteiger charge is 2.39. The molecule has 4 fully saturated rings. The predicted octanol–water partition coefficient (Wildman–Crippen LogP) is 15.2. The standard InChI is InChI=1S/C73H144N8O2S6/c1-54(2)66(84-45-39-76(7)8)35-19-56(5)68(86-47-41-78(11)12)37-29-60-25-27-62(52-70(60)88-49-43-80(15)16)72(82)74-64-31-21-58(22-32-64)51-59-23-33-65(34-24-59)75-73(83)63-28-26-61(71(53-63)89-50-44-81(17)18)30-38-69(87-48-42-79(13)14)57(6)20-36-67(55(3)4)85-46-40-77(9)10/h54-71H,19-53H2,1-18H3,(H,74,82)(H,75,83). The molecule has 4 saturated carbocycles. The lowest BCUT2D eigenvalue weighted by Crippen LogP contribution is -2.44. The lowest BCUT2D eigenvalue weighted by atomic mass is 9.75. The average molecular weight is 1360 g/mol. The number of carbonyl (C=O) groups excluding carboxylic acids is 2. The molecule has 4 rings (SSSR count). The highest BCUT2D eigenvalue weighted by Crippen LogP contribution is 2.44. The van der Waals surface area contributed by atoms with Gasteiger partial charge in [0.1, 0.15) is 0 Å². The molecule has 12 unspecified atom stereocenters. The molecule has 4 aliphatic rings. The second-order valence-electron chi connectivity index (χ2n) is 31.3. The van der Waals surface area contributed by atoms with Gasteiger partial charge in [-0.2, -0.15) is 70.6 Å². The first kappa shape index (κ1) is 82.2. The lowest BCUT2D eigenvalue weighted by molar-refractivity contribution is -0.127. The van der Waals surface area contributed by atoms with E-state index < -0.39 is 0 Å². The van der Waals surface area contributed by atoms with Crippen LogP contribution < -0.4 is 10.6 Å². The number of carbonyl (C=O) groups is 2. The van der Waals surface area contributed by atoms with E-state index in [2.05, 4.69) is 237 Å². The number of amides is 2. The third-order valence-electron chi connectivity index (χ3n) is 21.1. The maximum absolute atomic E-state index is 14.2. The molecule has 2 amide bonds. The van der Waals surface area contributed by atoms with Crippen molar-refractivity contribution in [3.05, 3.63) is 0 Å². The van der Waals surface area contributed by atoms with Gasteiger partial charge < -0.3 is 40.0 Å². The van der Waals surface area contributed by atoms with Crippen molar-refractivity contribution < 1.29 is 9.59 Å². The van der Waals surface area contributed by atoms with E-state index in [1.165, 1.54) is 119 Å². The van der Waals surface area contributed by atoms with Crippen molar-refractivity contribution in [2.45, 2.75) is 233 Å². The Hall–Kier alpha value is 0.800. The van der Waals surface area contributed by atoms with Gasteiger partial charge in [0.15, 0.2) is 0 Å². The number of thioether (sulfide) groups is 6. The summed E-state index contributed by atoms with van der Waals surface area (Å²) in [6, 6.07) is 0.675. The van der Waals surface area contributed by atoms with E-state index in [0.717, 1.165) is 124 Å². The Morgan fingerprint density at radius 1 is 0.371 bits per heavy atom. The molecule has 0 bridgehead atoms. The molecule has 89 heavy (non-hydrogen) atoms. The van der Waals surface area contributed by atoms with Gasteiger partial charge in [-0.3, -0.25) is 9.59 Å². The fourth-order valence-electron chi connectivity index (χ4n) is 14.7. The van der Waals surface area contributed by atoms with Gasteiger partial charge in [-0.05, 0) is 280 Å². The molecule has 0 aliphatic heterocycles. The molecule has 10 nitrogen and oxygen atoms in total. The molecule has 4 aliphatic carbocycles. The summed E-state index contributed by atoms with van der Waals surface area (Å²) in [4.78, 5) is 42.4. The second kappa shape index (κ2) is 46.1. The second-order valence-corrected chi connectivity index (χ2v) is 39.3. The molecule has 0 aromatic rings. The van der Waals surface area contributed by atoms with Gasteiger partial charge in [-0.25, -0.2) is 0 Å². The van der Waals surface area contributed by atoms with Gasteiger partial charge in [-0.15, -0.1) is 0 Å². The number of hydrogen-bond acceptors (Lipinski definition) is 14. The minimum absolute atomic E-state index is 0.155. The number of nitrogens with zero attached hydrogens (tertiary/aromatic N) is 6. The fourth-order valence-corrected chi connectivity index (χ4v) is 24.1. The Labute approximate surface area is 578 Å². The van der Waals surface area contributed by atoms with Crippen molar-refractivity contribution in [1.29, 1.82) is 0 Å². The van der Waals surface area contributed by atoms with Crippen molar-refractivity contribution in [1.82, 2.24) is 40.0 Å². The van der Waals surface area contributed by atoms with E-state index in [1.807, 2.05) is 0 Å². The summed E-state index contributed by atoms with van der Waals surface area (Å²) in [5, 5.41) is 11.3. The third kappa shape index (κ3) is 34.7. The summed E-state index contributed by atoms with van der Waals surface area (Å²) in [6.07, 6.45) is 28.0. The normalized spacial score (nSPS) is 26.9. The summed E-state index contributed by atoms with van der Waals surface area (Å²) in [5.74, 6) is 14.0. The number of rotatable bonds is 46. The van der Waals surface area contributed by atoms with Crippen LogP contribution in [0.1, 0.15) is 189 Å². The first-order valence-corrected chi connectivity index (χ1v) is 42.8. The van der Waals surface area contributed by atoms with Crippen molar-refractivity contribution in [3.8, 4) is 0 Å². The zero-order valence-corrected chi connectivity index (χ0v) is 66.0. The van der Waals surface area contributed by atoms with Gasteiger partial charge in [0, 0.05) is 129 Å². The quantitative estimate of drug-likeness (QED) is 0.0607. The van der Waals surface area contributed by atoms with Crippen LogP contribution in [0.4, 0.5) is 0 Å². The Kier molecular flexibility index (Phi) is 42.6. The van der Waals surface area contributed by atoms with E-state index in [9.17, 15) is 9.59 Å². The Morgan fingerprint density at radius 3 is 0.978 bits per heavy atom. The van der Waals surface area contributed by atoms with Crippen LogP contribution in [0.2, 0.25) is 0 Å². The van der Waals surface area contributed by atoms with Gasteiger partial charge >= 0.3 is 0 Å². The zero-order valence-electron chi connectivity index (χ0n) is 61.1. The van der Waals surface area contributed by atoms with Crippen molar-refractivity contribution in [3.63, 3.8) is 0 Å². The maximum Gasteiger partial charge on any atom is 0.223 e. The lowest BCUT2D eigenvalue weighted by Gasteiger charge is -2.38. The summed E-state index contributed by atoms with van der Waals surface area (Å²) in [7, 11) is 26.5. The first-order valence-electron chi connectivity index (χ1n) is 36.6. The molecule has 0 heterocycles. The van der Waals surface area contributed by atoms with Crippen LogP contribution in [-0.4, -0.2) is 243 Å². The third-order valence-corrected chi connectivity index (χ3v) is 30.3. The van der Waals surface area contributed by atoms with Gasteiger partial charge in [0.2, 0.25) is 11.8 Å². The number of nitrogens with one attached hydrogen (secondary N) is 2. The van der Waals surface area contributed by atoms with Crippen LogP contribution in [-0.2, 0) is 9.59 Å². The molecular weight excluding hydrogens is 1210 g/mol. The highest BCUT2D eigenvalue weighted by molar-refractivity contribution is 8.01. The maximum atomic E-state index is 14.2. The SMILES string of the molecule is CC(C)C(CCC(C)C(CCC1CCC(C(=O)NC2CCC(CC3CCC(NC(=O)C4CCC(CCC(SCCN(C)C)C(C)CCC(SCCN(C)C)C(C)C)C(SCCN(C)C)C4)CC3)CC2)CC1SCCN(C)C)SCCN(C)C)SCCN(C)C. The molecular formula is C73H144N8O2S6. The summed E-state index contributed by atoms with van der Waals surface area (Å²) in [5.41, 5.74) is 0. The van der Waals surface area contributed by atoms with Crippen molar-refractivity contribution in [2.75, 3.05) is 158 Å². The first-order chi connectivity index (χ1) is 42.4. The van der Waals surface area contributed by atoms with Gasteiger partial charge in [0.05, 0.1) is 0 Å². The van der Waals surface area contributed by atoms with Crippen molar-refractivity contribution in [2.24, 2.45) is 59.2 Å². The Balaban J connectivity index is 1.23. The molecule has 0 radical (unpaired) electrons. The molecule has 12 atom stereocenters. The van der Waals surface area contributed by atoms with Crippen LogP contribution in [0.25, 0.3) is 0 Å². The van der Waals surface area contributed by atoms with E-state index >= 15 is 0 Å². The Morgan fingerprint density at radius 2 is 0.674 bits per heavy atom. The summed E-state index contributed by atoms with van der Waals surface area (Å²) < 4.78 is 0. The fraction of sp³-hybridized carbons (Fsp3) is 0.973. The van der Waals surface area contributed by atoms with Crippen LogP contribution >= 0.6 is 70.6 Å². The molecule has 0 saturated heterocycles. The predicted molar refractivity (Wildman–Crippen MR) is 408 cm³/mol. The van der Waals surface area contributed by atoms with Crippen LogP contribution in [0.3, 0.4) is 0 Å². The monoisotopic (exact) mass is 1360 g/mol. The Bertz CT molecular complexity index is 1690.